The number of benzene rings is 3. The molecule has 0 saturated carbocycles. The molecule has 0 aliphatic carbocycles. The molecule has 0 bridgehead atoms. The number of H-pyrrole nitrogens is 1. The number of nitrogens with two attached hydrogens (primary N) is 1. The molecule has 0 aliphatic rings. The molecule has 0 unspecified atom stereocenters. The Morgan fingerprint density at radius 1 is 0.964 bits per heavy atom. The summed E-state index contributed by atoms with van der Waals surface area (Å²) in [6, 6.07) is 20.2. The summed E-state index contributed by atoms with van der Waals surface area (Å²) in [6.45, 7) is 0. The third kappa shape index (κ3) is 3.91. The van der Waals surface area contributed by atoms with E-state index in [2.05, 4.69) is 25.9 Å². The summed E-state index contributed by atoms with van der Waals surface area (Å²) in [4.78, 5) is 7.92. The first-order valence-electron chi connectivity index (χ1n) is 8.46. The highest BCUT2D eigenvalue weighted by molar-refractivity contribution is 9.10. The van der Waals surface area contributed by atoms with Crippen molar-refractivity contribution in [2.24, 2.45) is 5.14 Å². The van der Waals surface area contributed by atoms with Crippen LogP contribution in [0.15, 0.2) is 76.1 Å². The molecule has 140 valence electrons. The van der Waals surface area contributed by atoms with Crippen LogP contribution < -0.4 is 5.14 Å². The van der Waals surface area contributed by atoms with Gasteiger partial charge in [-0.1, -0.05) is 58.4 Å². The van der Waals surface area contributed by atoms with Crippen LogP contribution in [0.2, 0.25) is 0 Å². The van der Waals surface area contributed by atoms with Gasteiger partial charge in [-0.05, 0) is 47.5 Å². The average Bonchev–Trinajstić information content (AvgIpc) is 3.08. The van der Waals surface area contributed by atoms with Crippen LogP contribution in [0.4, 0.5) is 0 Å². The lowest BCUT2D eigenvalue weighted by Crippen LogP contribution is -2.13. The first kappa shape index (κ1) is 18.6. The van der Waals surface area contributed by atoms with Crippen molar-refractivity contribution in [3.05, 3.63) is 82.6 Å². The number of nitrogens with one attached hydrogen (secondary N) is 1. The molecule has 0 aliphatic heterocycles. The highest BCUT2D eigenvalue weighted by Crippen LogP contribution is 2.29. The van der Waals surface area contributed by atoms with Gasteiger partial charge in [0.1, 0.15) is 5.82 Å². The summed E-state index contributed by atoms with van der Waals surface area (Å²) in [5, 5.41) is 5.36. The van der Waals surface area contributed by atoms with Gasteiger partial charge in [0, 0.05) is 10.0 Å². The number of imidazole rings is 1. The first-order valence-corrected chi connectivity index (χ1v) is 10.8. The highest BCUT2D eigenvalue weighted by atomic mass is 79.9. The van der Waals surface area contributed by atoms with Crippen LogP contribution in [-0.4, -0.2) is 18.4 Å². The fraction of sp³-hybridized carbons (Fsp3) is 0. The molecule has 4 rings (SSSR count). The molecule has 3 N–H and O–H groups in total. The predicted molar refractivity (Wildman–Crippen MR) is 116 cm³/mol. The maximum Gasteiger partial charge on any atom is 0.238 e. The summed E-state index contributed by atoms with van der Waals surface area (Å²) in [7, 11) is -3.81. The van der Waals surface area contributed by atoms with E-state index in [0.29, 0.717) is 11.4 Å². The Balaban J connectivity index is 1.72. The minimum Gasteiger partial charge on any atom is -0.338 e. The van der Waals surface area contributed by atoms with E-state index in [1.54, 1.807) is 18.2 Å². The lowest BCUT2D eigenvalue weighted by Gasteiger charge is -2.07. The summed E-state index contributed by atoms with van der Waals surface area (Å²) >= 11 is 3.46. The Morgan fingerprint density at radius 2 is 1.79 bits per heavy atom. The minimum absolute atomic E-state index is 0.101. The molecule has 7 heteroatoms. The largest absolute Gasteiger partial charge is 0.338 e. The predicted octanol–water partition coefficient (Wildman–Crippen LogP) is 4.81. The van der Waals surface area contributed by atoms with Gasteiger partial charge in [-0.25, -0.2) is 18.5 Å². The normalized spacial score (nSPS) is 12.1. The molecule has 1 aromatic heterocycles. The van der Waals surface area contributed by atoms with Gasteiger partial charge in [0.15, 0.2) is 0 Å². The van der Waals surface area contributed by atoms with Gasteiger partial charge in [0.25, 0.3) is 0 Å². The van der Waals surface area contributed by atoms with E-state index in [0.717, 1.165) is 26.6 Å². The molecule has 0 spiro atoms. The maximum atomic E-state index is 11.9. The van der Waals surface area contributed by atoms with Crippen molar-refractivity contribution < 1.29 is 8.42 Å². The number of primary sulfonamides is 1. The van der Waals surface area contributed by atoms with Crippen LogP contribution in [0.25, 0.3) is 34.3 Å². The van der Waals surface area contributed by atoms with Crippen molar-refractivity contribution in [1.82, 2.24) is 9.97 Å². The topological polar surface area (TPSA) is 88.8 Å². The van der Waals surface area contributed by atoms with Crippen LogP contribution >= 0.6 is 15.9 Å². The van der Waals surface area contributed by atoms with Crippen LogP contribution in [-0.2, 0) is 10.0 Å². The molecule has 3 aromatic carbocycles. The molecular formula is C21H16BrN3O2S. The number of aromatic amines is 1. The van der Waals surface area contributed by atoms with E-state index in [-0.39, 0.29) is 4.90 Å². The lowest BCUT2D eigenvalue weighted by atomic mass is 10.1. The number of fused-ring (bicyclic) bond motifs is 1. The van der Waals surface area contributed by atoms with Crippen molar-refractivity contribution in [2.45, 2.75) is 4.90 Å². The van der Waals surface area contributed by atoms with Gasteiger partial charge in [-0.2, -0.15) is 0 Å². The summed E-state index contributed by atoms with van der Waals surface area (Å²) in [5.74, 6) is 0.715. The second-order valence-electron chi connectivity index (χ2n) is 6.28. The van der Waals surface area contributed by atoms with Gasteiger partial charge in [0.05, 0.1) is 15.9 Å². The fourth-order valence-electron chi connectivity index (χ4n) is 3.01. The standard InChI is InChI=1S/C21H16BrN3O2S/c22-16-5-3-4-14(12-16)8-11-21-24-18-10-9-15(13-19(18)25-21)17-6-1-2-7-20(17)28(23,26)27/h1-13H,(H,24,25)(H2,23,26,27). The van der Waals surface area contributed by atoms with E-state index in [1.165, 1.54) is 6.07 Å². The number of nitrogens with zero attached hydrogens (tertiary/aromatic N) is 1. The van der Waals surface area contributed by atoms with Gasteiger partial charge in [-0.3, -0.25) is 0 Å². The number of hydrogen-bond acceptors (Lipinski definition) is 3. The molecule has 0 fully saturated rings. The Labute approximate surface area is 171 Å². The monoisotopic (exact) mass is 453 g/mol. The Bertz CT molecular complexity index is 1310. The third-order valence-corrected chi connectivity index (χ3v) is 5.75. The zero-order valence-electron chi connectivity index (χ0n) is 14.6. The van der Waals surface area contributed by atoms with E-state index in [1.807, 2.05) is 54.6 Å². The van der Waals surface area contributed by atoms with E-state index >= 15 is 0 Å². The molecular weight excluding hydrogens is 438 g/mol. The van der Waals surface area contributed by atoms with Gasteiger partial charge in [-0.15, -0.1) is 0 Å². The van der Waals surface area contributed by atoms with Gasteiger partial charge >= 0.3 is 0 Å². The Hall–Kier alpha value is -2.74. The third-order valence-electron chi connectivity index (χ3n) is 4.29. The molecule has 5 nitrogen and oxygen atoms in total. The van der Waals surface area contributed by atoms with Crippen molar-refractivity contribution in [1.29, 1.82) is 0 Å². The zero-order valence-corrected chi connectivity index (χ0v) is 17.0. The highest BCUT2D eigenvalue weighted by Gasteiger charge is 2.15. The number of halogens is 1. The smallest absolute Gasteiger partial charge is 0.238 e. The van der Waals surface area contributed by atoms with Crippen molar-refractivity contribution >= 4 is 49.1 Å². The summed E-state index contributed by atoms with van der Waals surface area (Å²) in [6.07, 6.45) is 3.87. The van der Waals surface area contributed by atoms with Crippen molar-refractivity contribution in [3.63, 3.8) is 0 Å². The molecule has 0 amide bonds. The second kappa shape index (κ2) is 7.35. The molecule has 4 aromatic rings. The fourth-order valence-corrected chi connectivity index (χ4v) is 4.19. The van der Waals surface area contributed by atoms with E-state index in [9.17, 15) is 8.42 Å². The lowest BCUT2D eigenvalue weighted by molar-refractivity contribution is 0.598. The zero-order chi connectivity index (χ0) is 19.7. The van der Waals surface area contributed by atoms with Gasteiger partial charge < -0.3 is 4.98 Å². The second-order valence-corrected chi connectivity index (χ2v) is 8.73. The van der Waals surface area contributed by atoms with Crippen molar-refractivity contribution in [3.8, 4) is 11.1 Å². The first-order chi connectivity index (χ1) is 13.4. The number of rotatable bonds is 4. The van der Waals surface area contributed by atoms with Crippen LogP contribution in [0.3, 0.4) is 0 Å². The van der Waals surface area contributed by atoms with Gasteiger partial charge in [0.2, 0.25) is 10.0 Å². The quantitative estimate of drug-likeness (QED) is 0.464. The minimum atomic E-state index is -3.81. The van der Waals surface area contributed by atoms with Crippen molar-refractivity contribution in [2.75, 3.05) is 0 Å². The SMILES string of the molecule is NS(=O)(=O)c1ccccc1-c1ccc2nc(C=Cc3cccc(Br)c3)[nH]c2c1. The van der Waals surface area contributed by atoms with E-state index in [4.69, 9.17) is 5.14 Å². The number of hydrogen-bond donors (Lipinski definition) is 2. The summed E-state index contributed by atoms with van der Waals surface area (Å²) in [5.41, 5.74) is 3.98. The Morgan fingerprint density at radius 3 is 2.57 bits per heavy atom. The van der Waals surface area contributed by atoms with Crippen LogP contribution in [0, 0.1) is 0 Å². The van der Waals surface area contributed by atoms with Crippen LogP contribution in [0.5, 0.6) is 0 Å². The maximum absolute atomic E-state index is 11.9. The number of sulfonamides is 1. The Kier molecular flexibility index (Phi) is 4.89. The molecule has 0 saturated heterocycles. The average molecular weight is 454 g/mol. The molecule has 28 heavy (non-hydrogen) atoms. The summed E-state index contributed by atoms with van der Waals surface area (Å²) < 4.78 is 24.8. The van der Waals surface area contributed by atoms with E-state index < -0.39 is 10.0 Å². The molecule has 0 atom stereocenters. The number of aromatic nitrogens is 2. The van der Waals surface area contributed by atoms with Crippen LogP contribution in [0.1, 0.15) is 11.4 Å². The molecule has 1 heterocycles. The molecule has 0 radical (unpaired) electrons.